The van der Waals surface area contributed by atoms with E-state index in [2.05, 4.69) is 18.2 Å². The molecule has 22 heavy (non-hydrogen) atoms. The highest BCUT2D eigenvalue weighted by Gasteiger charge is 2.44. The average molecular weight is 300 g/mol. The molecule has 0 radical (unpaired) electrons. The topological polar surface area (TPSA) is 35.5 Å². The van der Waals surface area contributed by atoms with Crippen LogP contribution in [0, 0.1) is 5.92 Å². The lowest BCUT2D eigenvalue weighted by molar-refractivity contribution is -0.131. The minimum Gasteiger partial charge on any atom is -0.374 e. The van der Waals surface area contributed by atoms with Gasteiger partial charge < -0.3 is 9.47 Å². The zero-order chi connectivity index (χ0) is 15.4. The fourth-order valence-corrected chi connectivity index (χ4v) is 3.68. The van der Waals surface area contributed by atoms with E-state index in [0.29, 0.717) is 13.2 Å². The minimum absolute atomic E-state index is 0.0884. The number of Topliss-reactive ketones (excluding diaryl/α,β-unsaturated/α-hetero) is 1. The van der Waals surface area contributed by atoms with Gasteiger partial charge >= 0.3 is 0 Å². The lowest BCUT2D eigenvalue weighted by atomic mass is 9.80. The Morgan fingerprint density at radius 1 is 1.36 bits per heavy atom. The fourth-order valence-electron chi connectivity index (χ4n) is 3.68. The molecule has 3 atom stereocenters. The van der Waals surface area contributed by atoms with Crippen LogP contribution in [0.4, 0.5) is 0 Å². The maximum Gasteiger partial charge on any atom is 0.136 e. The Hall–Kier alpha value is -1.45. The second kappa shape index (κ2) is 6.76. The molecule has 0 saturated heterocycles. The number of benzene rings is 1. The van der Waals surface area contributed by atoms with Gasteiger partial charge in [-0.25, -0.2) is 0 Å². The maximum atomic E-state index is 12.2. The van der Waals surface area contributed by atoms with Crippen LogP contribution in [-0.2, 0) is 20.9 Å². The third-order valence-corrected chi connectivity index (χ3v) is 4.85. The molecule has 1 aliphatic carbocycles. The van der Waals surface area contributed by atoms with Crippen molar-refractivity contribution in [3.63, 3.8) is 0 Å². The lowest BCUT2D eigenvalue weighted by Crippen LogP contribution is -2.41. The number of carbonyl (C=O) groups is 1. The van der Waals surface area contributed by atoms with Crippen molar-refractivity contribution < 1.29 is 14.3 Å². The normalized spacial score (nSPS) is 31.3. The summed E-state index contributed by atoms with van der Waals surface area (Å²) in [5.74, 6) is 0.122. The summed E-state index contributed by atoms with van der Waals surface area (Å²) in [6, 6.07) is 10.2. The summed E-state index contributed by atoms with van der Waals surface area (Å²) < 4.78 is 12.1. The maximum absolute atomic E-state index is 12.2. The third-order valence-electron chi connectivity index (χ3n) is 4.85. The summed E-state index contributed by atoms with van der Waals surface area (Å²) in [6.45, 7) is 2.92. The summed E-state index contributed by atoms with van der Waals surface area (Å²) >= 11 is 0. The van der Waals surface area contributed by atoms with E-state index in [1.165, 1.54) is 5.56 Å². The van der Waals surface area contributed by atoms with E-state index in [9.17, 15) is 4.79 Å². The van der Waals surface area contributed by atoms with E-state index in [0.717, 1.165) is 25.7 Å². The molecule has 0 amide bonds. The van der Waals surface area contributed by atoms with Crippen molar-refractivity contribution in [3.8, 4) is 0 Å². The molecular weight excluding hydrogens is 276 g/mol. The molecule has 3 nitrogen and oxygen atoms in total. The van der Waals surface area contributed by atoms with E-state index in [-0.39, 0.29) is 23.4 Å². The molecular formula is C19H24O3. The van der Waals surface area contributed by atoms with Gasteiger partial charge in [0, 0.05) is 0 Å². The Morgan fingerprint density at radius 3 is 2.86 bits per heavy atom. The number of ether oxygens (including phenoxy) is 2. The van der Waals surface area contributed by atoms with Gasteiger partial charge in [-0.15, -0.1) is 0 Å². The van der Waals surface area contributed by atoms with Gasteiger partial charge in [0.25, 0.3) is 0 Å². The molecule has 3 rings (SSSR count). The van der Waals surface area contributed by atoms with Crippen LogP contribution in [0.2, 0.25) is 0 Å². The average Bonchev–Trinajstić information content (AvgIpc) is 2.91. The van der Waals surface area contributed by atoms with Gasteiger partial charge in [0.15, 0.2) is 0 Å². The Balaban J connectivity index is 1.67. The van der Waals surface area contributed by atoms with Crippen molar-refractivity contribution >= 4 is 5.78 Å². The molecule has 0 bridgehead atoms. The first-order valence-electron chi connectivity index (χ1n) is 8.17. The van der Waals surface area contributed by atoms with Gasteiger partial charge in [0.1, 0.15) is 5.78 Å². The van der Waals surface area contributed by atoms with Gasteiger partial charge in [-0.3, -0.25) is 4.79 Å². The van der Waals surface area contributed by atoms with Gasteiger partial charge in [-0.1, -0.05) is 42.5 Å². The van der Waals surface area contributed by atoms with Crippen LogP contribution in [0.25, 0.3) is 0 Å². The van der Waals surface area contributed by atoms with Crippen molar-refractivity contribution in [3.05, 3.63) is 48.0 Å². The predicted molar refractivity (Wildman–Crippen MR) is 85.5 cm³/mol. The molecule has 1 aromatic rings. The van der Waals surface area contributed by atoms with E-state index in [4.69, 9.17) is 9.47 Å². The zero-order valence-corrected chi connectivity index (χ0v) is 13.2. The number of rotatable bonds is 4. The number of hydrogen-bond acceptors (Lipinski definition) is 3. The van der Waals surface area contributed by atoms with Crippen LogP contribution in [-0.4, -0.2) is 24.1 Å². The Kier molecular flexibility index (Phi) is 4.74. The highest BCUT2D eigenvalue weighted by atomic mass is 16.5. The summed E-state index contributed by atoms with van der Waals surface area (Å²) in [5.41, 5.74) is 0.800. The van der Waals surface area contributed by atoms with Crippen LogP contribution in [0.1, 0.15) is 38.2 Å². The van der Waals surface area contributed by atoms with Gasteiger partial charge in [0.05, 0.1) is 30.8 Å². The molecule has 1 spiro atoms. The van der Waals surface area contributed by atoms with Crippen molar-refractivity contribution in [2.75, 3.05) is 6.61 Å². The van der Waals surface area contributed by atoms with Crippen LogP contribution < -0.4 is 0 Å². The zero-order valence-electron chi connectivity index (χ0n) is 13.2. The number of ketones is 1. The predicted octanol–water partition coefficient (Wildman–Crippen LogP) is 3.68. The highest BCUT2D eigenvalue weighted by molar-refractivity contribution is 5.80. The Morgan fingerprint density at radius 2 is 2.18 bits per heavy atom. The number of hydrogen-bond donors (Lipinski definition) is 0. The largest absolute Gasteiger partial charge is 0.374 e. The Bertz CT molecular complexity index is 537. The van der Waals surface area contributed by atoms with Crippen molar-refractivity contribution in [1.82, 2.24) is 0 Å². The quantitative estimate of drug-likeness (QED) is 0.796. The molecule has 1 aromatic carbocycles. The lowest BCUT2D eigenvalue weighted by Gasteiger charge is -2.33. The highest BCUT2D eigenvalue weighted by Crippen LogP contribution is 2.40. The summed E-state index contributed by atoms with van der Waals surface area (Å²) in [6.07, 6.45) is 7.99. The first-order valence-corrected chi connectivity index (χ1v) is 8.17. The van der Waals surface area contributed by atoms with Gasteiger partial charge in [-0.2, -0.15) is 0 Å². The van der Waals surface area contributed by atoms with Crippen LogP contribution >= 0.6 is 0 Å². The third kappa shape index (κ3) is 3.31. The summed E-state index contributed by atoms with van der Waals surface area (Å²) in [7, 11) is 0. The standard InChI is InChI=1S/C19H24O3/c1-15(20)18-13-17(21-14-16-7-3-2-4-8-16)9-5-10-19(18)11-6-12-22-19/h2-4,6-8,11,17-18H,5,9-10,12-14H2,1H3/t17-,18+,19-/m0/s1. The summed E-state index contributed by atoms with van der Waals surface area (Å²) in [5, 5.41) is 0. The molecule has 1 fully saturated rings. The van der Waals surface area contributed by atoms with Crippen molar-refractivity contribution in [2.24, 2.45) is 5.92 Å². The first kappa shape index (κ1) is 15.4. The van der Waals surface area contributed by atoms with Crippen LogP contribution in [0.5, 0.6) is 0 Å². The molecule has 1 aliphatic heterocycles. The van der Waals surface area contributed by atoms with Gasteiger partial charge in [0.2, 0.25) is 0 Å². The SMILES string of the molecule is CC(=O)[C@H]1C[C@@H](OCc2ccccc2)CCC[C@]12C=CCO2. The number of carbonyl (C=O) groups excluding carboxylic acids is 1. The first-order chi connectivity index (χ1) is 10.7. The fraction of sp³-hybridized carbons (Fsp3) is 0.526. The van der Waals surface area contributed by atoms with E-state index < -0.39 is 0 Å². The minimum atomic E-state index is -0.378. The van der Waals surface area contributed by atoms with Gasteiger partial charge in [-0.05, 0) is 38.2 Å². The second-order valence-corrected chi connectivity index (χ2v) is 6.38. The monoisotopic (exact) mass is 300 g/mol. The smallest absolute Gasteiger partial charge is 0.136 e. The molecule has 0 aromatic heterocycles. The molecule has 2 aliphatic rings. The molecule has 1 heterocycles. The molecule has 0 unspecified atom stereocenters. The van der Waals surface area contributed by atoms with E-state index >= 15 is 0 Å². The van der Waals surface area contributed by atoms with Crippen molar-refractivity contribution in [1.29, 1.82) is 0 Å². The summed E-state index contributed by atoms with van der Waals surface area (Å²) in [4.78, 5) is 12.2. The van der Waals surface area contributed by atoms with Crippen LogP contribution in [0.15, 0.2) is 42.5 Å². The molecule has 0 N–H and O–H groups in total. The van der Waals surface area contributed by atoms with E-state index in [1.54, 1.807) is 6.92 Å². The molecule has 118 valence electrons. The second-order valence-electron chi connectivity index (χ2n) is 6.38. The van der Waals surface area contributed by atoms with Crippen molar-refractivity contribution in [2.45, 2.75) is 50.9 Å². The molecule has 3 heteroatoms. The van der Waals surface area contributed by atoms with Crippen LogP contribution in [0.3, 0.4) is 0 Å². The van der Waals surface area contributed by atoms with E-state index in [1.807, 2.05) is 24.3 Å². The molecule has 1 saturated carbocycles. The Labute approximate surface area is 132 Å².